The molecule has 2 aliphatic rings. The Kier molecular flexibility index (Phi) is 7.46. The first-order valence-corrected chi connectivity index (χ1v) is 14.4. The smallest absolute Gasteiger partial charge is 0.291 e. The van der Waals surface area contributed by atoms with Crippen molar-refractivity contribution in [2.24, 2.45) is 16.8 Å². The Morgan fingerprint density at radius 2 is 1.82 bits per heavy atom. The lowest BCUT2D eigenvalue weighted by Crippen LogP contribution is -2.45. The fourth-order valence-corrected chi connectivity index (χ4v) is 6.88. The van der Waals surface area contributed by atoms with Gasteiger partial charge in [-0.15, -0.1) is 0 Å². The number of nitrogens with one attached hydrogen (secondary N) is 1. The maximum Gasteiger partial charge on any atom is 0.416 e. The van der Waals surface area contributed by atoms with Crippen molar-refractivity contribution in [2.75, 3.05) is 13.1 Å². The molecule has 8 nitrogen and oxygen atoms in total. The molecular formula is C25H26BrF3N6O2S. The predicted octanol–water partition coefficient (Wildman–Crippen LogP) is 5.17. The van der Waals surface area contributed by atoms with Crippen LogP contribution in [0.1, 0.15) is 37.1 Å². The number of nitrogens with zero attached hydrogens (tertiary/aromatic N) is 5. The molecule has 0 aliphatic carbocycles. The molecule has 1 saturated heterocycles. The van der Waals surface area contributed by atoms with Crippen LogP contribution in [0.4, 0.5) is 19.0 Å². The first-order valence-electron chi connectivity index (χ1n) is 12.2. The zero-order valence-electron chi connectivity index (χ0n) is 20.4. The van der Waals surface area contributed by atoms with E-state index in [-0.39, 0.29) is 36.0 Å². The molecule has 0 bridgehead atoms. The first kappa shape index (κ1) is 27.0. The van der Waals surface area contributed by atoms with E-state index in [0.717, 1.165) is 40.0 Å². The lowest BCUT2D eigenvalue weighted by atomic mass is 9.84. The Labute approximate surface area is 227 Å². The van der Waals surface area contributed by atoms with E-state index < -0.39 is 21.8 Å². The van der Waals surface area contributed by atoms with Crippen molar-refractivity contribution >= 4 is 37.5 Å². The first-order chi connectivity index (χ1) is 18.1. The number of aromatic nitrogens is 3. The van der Waals surface area contributed by atoms with Crippen LogP contribution in [0.25, 0.3) is 0 Å². The molecule has 1 aromatic carbocycles. The van der Waals surface area contributed by atoms with Crippen molar-refractivity contribution < 1.29 is 21.6 Å². The average Bonchev–Trinajstić information content (AvgIpc) is 3.28. The van der Waals surface area contributed by atoms with Crippen molar-refractivity contribution in [3.8, 4) is 0 Å². The minimum Gasteiger partial charge on any atom is -0.291 e. The minimum absolute atomic E-state index is 0.00552. The fourth-order valence-electron chi connectivity index (χ4n) is 5.05. The zero-order chi connectivity index (χ0) is 27.1. The molecule has 4 heterocycles. The summed E-state index contributed by atoms with van der Waals surface area (Å²) in [6.45, 7) is 3.20. The van der Waals surface area contributed by atoms with Gasteiger partial charge >= 0.3 is 6.18 Å². The van der Waals surface area contributed by atoms with Crippen LogP contribution in [-0.2, 0) is 22.7 Å². The molecule has 0 radical (unpaired) electrons. The van der Waals surface area contributed by atoms with Gasteiger partial charge in [0.05, 0.1) is 21.1 Å². The van der Waals surface area contributed by atoms with Crippen molar-refractivity contribution in [1.82, 2.24) is 24.4 Å². The van der Waals surface area contributed by atoms with E-state index in [9.17, 15) is 21.6 Å². The van der Waals surface area contributed by atoms with Gasteiger partial charge in [-0.2, -0.15) is 22.6 Å². The molecule has 1 N–H and O–H groups in total. The Bertz CT molecular complexity index is 1420. The van der Waals surface area contributed by atoms with Crippen molar-refractivity contribution in [1.29, 1.82) is 0 Å². The van der Waals surface area contributed by atoms with Crippen molar-refractivity contribution in [2.45, 2.75) is 43.5 Å². The van der Waals surface area contributed by atoms with E-state index in [0.29, 0.717) is 25.2 Å². The van der Waals surface area contributed by atoms with E-state index in [1.54, 1.807) is 12.4 Å². The summed E-state index contributed by atoms with van der Waals surface area (Å²) in [5.41, 5.74) is 1.14. The van der Waals surface area contributed by atoms with Gasteiger partial charge in [0.15, 0.2) is 5.82 Å². The summed E-state index contributed by atoms with van der Waals surface area (Å²) in [7, 11) is -3.90. The monoisotopic (exact) mass is 610 g/mol. The second-order valence-corrected chi connectivity index (χ2v) is 12.3. The molecule has 2 unspecified atom stereocenters. The van der Waals surface area contributed by atoms with Crippen LogP contribution < -0.4 is 5.32 Å². The van der Waals surface area contributed by atoms with Gasteiger partial charge < -0.3 is 0 Å². The summed E-state index contributed by atoms with van der Waals surface area (Å²) >= 11 is 3.54. The summed E-state index contributed by atoms with van der Waals surface area (Å²) in [4.78, 5) is 8.97. The Hall–Kier alpha value is -2.61. The van der Waals surface area contributed by atoms with Gasteiger partial charge in [0.2, 0.25) is 10.0 Å². The number of hydrogen-bond acceptors (Lipinski definition) is 6. The maximum absolute atomic E-state index is 13.1. The minimum atomic E-state index is -4.52. The van der Waals surface area contributed by atoms with Gasteiger partial charge in [0.25, 0.3) is 0 Å². The Morgan fingerprint density at radius 1 is 1.11 bits per heavy atom. The van der Waals surface area contributed by atoms with Gasteiger partial charge in [0, 0.05) is 49.6 Å². The topological polar surface area (TPSA) is 92.5 Å². The number of aliphatic imine (C=N–C) groups is 1. The van der Waals surface area contributed by atoms with Crippen LogP contribution >= 0.6 is 15.9 Å². The molecule has 202 valence electrons. The van der Waals surface area contributed by atoms with Gasteiger partial charge in [-0.3, -0.25) is 10.3 Å². The third-order valence-corrected chi connectivity index (χ3v) is 9.57. The fraction of sp³-hybridized carbons (Fsp3) is 0.400. The second kappa shape index (κ2) is 10.5. The van der Waals surface area contributed by atoms with Gasteiger partial charge in [-0.05, 0) is 64.7 Å². The van der Waals surface area contributed by atoms with Gasteiger partial charge in [-0.25, -0.2) is 18.1 Å². The number of sulfonamides is 1. The summed E-state index contributed by atoms with van der Waals surface area (Å²) < 4.78 is 68.9. The number of hydrogen-bond donors (Lipinski definition) is 1. The maximum atomic E-state index is 13.1. The zero-order valence-corrected chi connectivity index (χ0v) is 22.8. The van der Waals surface area contributed by atoms with Crippen LogP contribution in [0.3, 0.4) is 0 Å². The highest BCUT2D eigenvalue weighted by molar-refractivity contribution is 9.10. The molecule has 5 rings (SSSR count). The van der Waals surface area contributed by atoms with E-state index >= 15 is 0 Å². The number of rotatable bonds is 6. The molecule has 0 spiro atoms. The number of pyridine rings is 1. The predicted molar refractivity (Wildman–Crippen MR) is 139 cm³/mol. The third-order valence-electron chi connectivity index (χ3n) is 7.09. The number of alkyl halides is 3. The molecule has 1 fully saturated rings. The molecule has 13 heteroatoms. The molecule has 3 aromatic rings. The quantitative estimate of drug-likeness (QED) is 0.416. The lowest BCUT2D eigenvalue weighted by molar-refractivity contribution is -0.137. The number of fused-ring (bicyclic) bond motifs is 1. The third kappa shape index (κ3) is 5.29. The normalized spacial score (nSPS) is 21.2. The standard InChI is InChI=1S/C25H26BrF3N6O2S/c1-16-22(33-24-21(26)15-32-35(24)23(16)31-14-17-3-2-10-30-13-17)18-8-11-34(12-9-18)38(36,37)20-6-4-19(5-7-20)25(27,28)29/h2-7,10,13,15-16,18,23,31H,8-9,11-12,14H2,1H3. The Morgan fingerprint density at radius 3 is 2.45 bits per heavy atom. The van der Waals surface area contributed by atoms with Crippen LogP contribution in [0.2, 0.25) is 0 Å². The van der Waals surface area contributed by atoms with Gasteiger partial charge in [-0.1, -0.05) is 13.0 Å². The molecule has 2 aliphatic heterocycles. The van der Waals surface area contributed by atoms with Crippen LogP contribution in [0.15, 0.2) is 69.3 Å². The summed E-state index contributed by atoms with van der Waals surface area (Å²) in [5.74, 6) is 0.762. The lowest BCUT2D eigenvalue weighted by Gasteiger charge is -2.38. The molecule has 38 heavy (non-hydrogen) atoms. The van der Waals surface area contributed by atoms with Crippen LogP contribution in [-0.4, -0.2) is 46.3 Å². The van der Waals surface area contributed by atoms with E-state index in [1.165, 1.54) is 4.31 Å². The van der Waals surface area contributed by atoms with E-state index in [2.05, 4.69) is 38.3 Å². The summed E-state index contributed by atoms with van der Waals surface area (Å²) in [6, 6.07) is 7.53. The molecule has 2 atom stereocenters. The molecule has 0 amide bonds. The molecular weight excluding hydrogens is 585 g/mol. The average molecular weight is 611 g/mol. The van der Waals surface area contributed by atoms with Crippen LogP contribution in [0.5, 0.6) is 0 Å². The molecule has 2 aromatic heterocycles. The van der Waals surface area contributed by atoms with Crippen molar-refractivity contribution in [3.05, 3.63) is 70.6 Å². The highest BCUT2D eigenvalue weighted by Crippen LogP contribution is 2.39. The van der Waals surface area contributed by atoms with Crippen LogP contribution in [0, 0.1) is 11.8 Å². The summed E-state index contributed by atoms with van der Waals surface area (Å²) in [6.07, 6.45) is 1.69. The van der Waals surface area contributed by atoms with Gasteiger partial charge in [0.1, 0.15) is 6.17 Å². The van der Waals surface area contributed by atoms with E-state index in [4.69, 9.17) is 4.99 Å². The number of piperidine rings is 1. The largest absolute Gasteiger partial charge is 0.416 e. The number of benzene rings is 1. The highest BCUT2D eigenvalue weighted by Gasteiger charge is 2.38. The van der Waals surface area contributed by atoms with E-state index in [1.807, 2.05) is 23.0 Å². The Balaban J connectivity index is 1.31. The summed E-state index contributed by atoms with van der Waals surface area (Å²) in [5, 5.41) is 8.07. The second-order valence-electron chi connectivity index (χ2n) is 9.47. The highest BCUT2D eigenvalue weighted by atomic mass is 79.9. The molecule has 0 saturated carbocycles. The SMILES string of the molecule is CC1C(C2CCN(S(=O)(=O)c3ccc(C(F)(F)F)cc3)CC2)=Nc2c(Br)cnn2C1NCc1cccnc1. The number of halogens is 4. The van der Waals surface area contributed by atoms with Crippen molar-refractivity contribution in [3.63, 3.8) is 0 Å².